The van der Waals surface area contributed by atoms with Crippen LogP contribution in [0.5, 0.6) is 0 Å². The van der Waals surface area contributed by atoms with Crippen molar-refractivity contribution >= 4 is 5.97 Å². The van der Waals surface area contributed by atoms with Gasteiger partial charge < -0.3 is 14.0 Å². The molecule has 5 nitrogen and oxygen atoms in total. The molecule has 0 aliphatic carbocycles. The Morgan fingerprint density at radius 2 is 1.92 bits per heavy atom. The van der Waals surface area contributed by atoms with Gasteiger partial charge in [0.1, 0.15) is 0 Å². The third kappa shape index (κ3) is 4.94. The number of aryl methyl sites for hydroxylation is 1. The highest BCUT2D eigenvalue weighted by molar-refractivity contribution is 5.90. The molecule has 24 heavy (non-hydrogen) atoms. The zero-order chi connectivity index (χ0) is 17.4. The van der Waals surface area contributed by atoms with Gasteiger partial charge in [-0.3, -0.25) is 4.90 Å². The molecule has 0 amide bonds. The van der Waals surface area contributed by atoms with E-state index in [1.165, 1.54) is 12.8 Å². The van der Waals surface area contributed by atoms with Crippen LogP contribution in [0.25, 0.3) is 0 Å². The monoisotopic (exact) mass is 330 g/mol. The minimum atomic E-state index is -0.290. The van der Waals surface area contributed by atoms with Crippen LogP contribution in [0.3, 0.4) is 0 Å². The second-order valence-corrected chi connectivity index (χ2v) is 5.82. The van der Waals surface area contributed by atoms with Crippen molar-refractivity contribution in [2.24, 2.45) is 7.05 Å². The first kappa shape index (κ1) is 18.2. The molecular formula is C19H26N2O3. The summed E-state index contributed by atoms with van der Waals surface area (Å²) in [4.78, 5) is 14.3. The van der Waals surface area contributed by atoms with Crippen LogP contribution < -0.4 is 0 Å². The summed E-state index contributed by atoms with van der Waals surface area (Å²) in [6.45, 7) is 3.14. The number of aromatic nitrogens is 1. The summed E-state index contributed by atoms with van der Waals surface area (Å²) >= 11 is 0. The summed E-state index contributed by atoms with van der Waals surface area (Å²) in [7, 11) is 5.18. The molecule has 1 aromatic carbocycles. The van der Waals surface area contributed by atoms with Crippen LogP contribution in [-0.2, 0) is 29.6 Å². The van der Waals surface area contributed by atoms with Crippen LogP contribution in [0.15, 0.2) is 42.6 Å². The third-order valence-electron chi connectivity index (χ3n) is 4.08. The summed E-state index contributed by atoms with van der Waals surface area (Å²) in [6, 6.07) is 11.8. The highest BCUT2D eigenvalue weighted by atomic mass is 16.5. The molecule has 1 heterocycles. The van der Waals surface area contributed by atoms with Crippen LogP contribution in [0.2, 0.25) is 0 Å². The Morgan fingerprint density at radius 3 is 2.58 bits per heavy atom. The number of rotatable bonds is 9. The highest BCUT2D eigenvalue weighted by Gasteiger charge is 2.15. The average molecular weight is 330 g/mol. The van der Waals surface area contributed by atoms with E-state index in [1.807, 2.05) is 43.6 Å². The second kappa shape index (κ2) is 9.25. The molecule has 0 saturated heterocycles. The standard InChI is InChI=1S/C19H26N2O3/c1-20-11-6-9-17(20)15-21(12-7-13-23-2)14-16-8-4-5-10-18(16)19(22)24-3/h4-6,8-11H,7,12-15H2,1-3H3. The zero-order valence-electron chi connectivity index (χ0n) is 14.7. The van der Waals surface area contributed by atoms with Crippen molar-refractivity contribution in [1.82, 2.24) is 9.47 Å². The number of esters is 1. The van der Waals surface area contributed by atoms with Crippen LogP contribution in [0, 0.1) is 0 Å². The van der Waals surface area contributed by atoms with Gasteiger partial charge in [-0.25, -0.2) is 4.79 Å². The fraction of sp³-hybridized carbons (Fsp3) is 0.421. The minimum Gasteiger partial charge on any atom is -0.465 e. The number of methoxy groups -OCH3 is 2. The van der Waals surface area contributed by atoms with Crippen LogP contribution >= 0.6 is 0 Å². The molecule has 1 aromatic heterocycles. The SMILES string of the molecule is COCCCN(Cc1ccccc1C(=O)OC)Cc1cccn1C. The smallest absolute Gasteiger partial charge is 0.338 e. The summed E-state index contributed by atoms with van der Waals surface area (Å²) in [5.74, 6) is -0.290. The predicted molar refractivity (Wildman–Crippen MR) is 93.8 cm³/mol. The number of hydrogen-bond acceptors (Lipinski definition) is 4. The molecule has 0 bridgehead atoms. The van der Waals surface area contributed by atoms with Gasteiger partial charge in [0.2, 0.25) is 0 Å². The minimum absolute atomic E-state index is 0.290. The van der Waals surface area contributed by atoms with Crippen LogP contribution in [-0.4, -0.2) is 42.8 Å². The van der Waals surface area contributed by atoms with Gasteiger partial charge in [-0.15, -0.1) is 0 Å². The molecule has 0 atom stereocenters. The largest absolute Gasteiger partial charge is 0.465 e. The maximum atomic E-state index is 12.0. The fourth-order valence-electron chi connectivity index (χ4n) is 2.74. The van der Waals surface area contributed by atoms with Crippen molar-refractivity contribution in [2.45, 2.75) is 19.5 Å². The summed E-state index contributed by atoms with van der Waals surface area (Å²) in [6.07, 6.45) is 2.99. The van der Waals surface area contributed by atoms with Crippen molar-refractivity contribution in [3.05, 3.63) is 59.4 Å². The van der Waals surface area contributed by atoms with E-state index in [9.17, 15) is 4.79 Å². The average Bonchev–Trinajstić information content (AvgIpc) is 2.99. The van der Waals surface area contributed by atoms with Crippen molar-refractivity contribution in [2.75, 3.05) is 27.4 Å². The summed E-state index contributed by atoms with van der Waals surface area (Å²) in [5, 5.41) is 0. The zero-order valence-corrected chi connectivity index (χ0v) is 14.7. The molecular weight excluding hydrogens is 304 g/mol. The van der Waals surface area contributed by atoms with Gasteiger partial charge in [0.25, 0.3) is 0 Å². The number of hydrogen-bond donors (Lipinski definition) is 0. The Balaban J connectivity index is 2.15. The Labute approximate surface area is 143 Å². The van der Waals surface area contributed by atoms with Gasteiger partial charge in [-0.05, 0) is 30.2 Å². The molecule has 0 aliphatic heterocycles. The number of nitrogens with zero attached hydrogens (tertiary/aromatic N) is 2. The van der Waals surface area contributed by atoms with Gasteiger partial charge in [0.15, 0.2) is 0 Å². The lowest BCUT2D eigenvalue weighted by Crippen LogP contribution is -2.27. The van der Waals surface area contributed by atoms with Crippen molar-refractivity contribution in [3.63, 3.8) is 0 Å². The van der Waals surface area contributed by atoms with E-state index in [1.54, 1.807) is 7.11 Å². The Bertz CT molecular complexity index is 652. The molecule has 5 heteroatoms. The number of benzene rings is 1. The first-order valence-electron chi connectivity index (χ1n) is 8.13. The number of carbonyl (C=O) groups excluding carboxylic acids is 1. The topological polar surface area (TPSA) is 43.7 Å². The van der Waals surface area contributed by atoms with Crippen molar-refractivity contribution in [3.8, 4) is 0 Å². The maximum absolute atomic E-state index is 12.0. The highest BCUT2D eigenvalue weighted by Crippen LogP contribution is 2.15. The summed E-state index contributed by atoms with van der Waals surface area (Å²) < 4.78 is 12.2. The molecule has 0 fully saturated rings. The Morgan fingerprint density at radius 1 is 1.12 bits per heavy atom. The molecule has 0 aliphatic rings. The van der Waals surface area contributed by atoms with Crippen molar-refractivity contribution < 1.29 is 14.3 Å². The molecule has 0 unspecified atom stereocenters. The van der Waals surface area contributed by atoms with Gasteiger partial charge >= 0.3 is 5.97 Å². The van der Waals surface area contributed by atoms with Crippen LogP contribution in [0.4, 0.5) is 0 Å². The van der Waals surface area contributed by atoms with Gasteiger partial charge in [0.05, 0.1) is 12.7 Å². The van der Waals surface area contributed by atoms with Gasteiger partial charge in [-0.1, -0.05) is 18.2 Å². The fourth-order valence-corrected chi connectivity index (χ4v) is 2.74. The molecule has 2 rings (SSSR count). The first-order chi connectivity index (χ1) is 11.7. The molecule has 0 saturated carbocycles. The molecule has 0 spiro atoms. The lowest BCUT2D eigenvalue weighted by molar-refractivity contribution is 0.0598. The van der Waals surface area contributed by atoms with E-state index in [0.717, 1.165) is 31.7 Å². The van der Waals surface area contributed by atoms with Crippen molar-refractivity contribution in [1.29, 1.82) is 0 Å². The first-order valence-corrected chi connectivity index (χ1v) is 8.13. The maximum Gasteiger partial charge on any atom is 0.338 e. The molecule has 130 valence electrons. The predicted octanol–water partition coefficient (Wildman–Crippen LogP) is 2.85. The van der Waals surface area contributed by atoms with E-state index in [-0.39, 0.29) is 5.97 Å². The van der Waals surface area contributed by atoms with Gasteiger partial charge in [0, 0.05) is 52.3 Å². The molecule has 0 radical (unpaired) electrons. The molecule has 0 N–H and O–H groups in total. The number of ether oxygens (including phenoxy) is 2. The van der Waals surface area contributed by atoms with E-state index in [2.05, 4.69) is 15.5 Å². The molecule has 2 aromatic rings. The normalized spacial score (nSPS) is 11.0. The summed E-state index contributed by atoms with van der Waals surface area (Å²) in [5.41, 5.74) is 2.85. The second-order valence-electron chi connectivity index (χ2n) is 5.82. The van der Waals surface area contributed by atoms with E-state index in [4.69, 9.17) is 9.47 Å². The van der Waals surface area contributed by atoms with Crippen LogP contribution in [0.1, 0.15) is 28.0 Å². The lowest BCUT2D eigenvalue weighted by atomic mass is 10.1. The number of carbonyl (C=O) groups is 1. The third-order valence-corrected chi connectivity index (χ3v) is 4.08. The van der Waals surface area contributed by atoms with E-state index in [0.29, 0.717) is 12.1 Å². The van der Waals surface area contributed by atoms with E-state index >= 15 is 0 Å². The Kier molecular flexibility index (Phi) is 7.03. The van der Waals surface area contributed by atoms with Gasteiger partial charge in [-0.2, -0.15) is 0 Å². The quantitative estimate of drug-likeness (QED) is 0.524. The van der Waals surface area contributed by atoms with E-state index < -0.39 is 0 Å². The Hall–Kier alpha value is -2.11. The lowest BCUT2D eigenvalue weighted by Gasteiger charge is -2.23.